The minimum Gasteiger partial charge on any atom is -0.497 e. The van der Waals surface area contributed by atoms with Gasteiger partial charge in [-0.05, 0) is 35.9 Å². The molecule has 0 radical (unpaired) electrons. The first-order valence-electron chi connectivity index (χ1n) is 5.99. The molecule has 3 N–H and O–H groups in total. The minimum absolute atomic E-state index is 0.528. The molecule has 2 aromatic rings. The van der Waals surface area contributed by atoms with Gasteiger partial charge in [-0.2, -0.15) is 0 Å². The van der Waals surface area contributed by atoms with Crippen LogP contribution in [0.25, 0.3) is 0 Å². The molecule has 0 aliphatic carbocycles. The molecule has 0 heterocycles. The second-order valence-electron chi connectivity index (χ2n) is 4.18. The standard InChI is InChI=1S/C15H17NO2S/c1-18-13-6-3-7-14(9-13)19-10-15(17)11-4-2-5-12(16)8-11/h2-9,15,17H,10,16H2,1H3. The SMILES string of the molecule is COc1cccc(SCC(O)c2cccc(N)c2)c1. The van der Waals surface area contributed by atoms with E-state index in [1.807, 2.05) is 42.5 Å². The molecule has 0 fully saturated rings. The molecule has 0 saturated heterocycles. The molecule has 0 aliphatic rings. The van der Waals surface area contributed by atoms with Gasteiger partial charge in [-0.1, -0.05) is 18.2 Å². The lowest BCUT2D eigenvalue weighted by molar-refractivity contribution is 0.204. The third kappa shape index (κ3) is 3.91. The number of aliphatic hydroxyl groups is 1. The minimum atomic E-state index is -0.528. The maximum atomic E-state index is 10.1. The topological polar surface area (TPSA) is 55.5 Å². The molecule has 1 unspecified atom stereocenters. The first-order valence-corrected chi connectivity index (χ1v) is 6.98. The van der Waals surface area contributed by atoms with Crippen molar-refractivity contribution in [3.05, 3.63) is 54.1 Å². The summed E-state index contributed by atoms with van der Waals surface area (Å²) in [5, 5.41) is 10.1. The average Bonchev–Trinajstić information content (AvgIpc) is 2.45. The number of nitrogens with two attached hydrogens (primary N) is 1. The van der Waals surface area contributed by atoms with Crippen LogP contribution >= 0.6 is 11.8 Å². The average molecular weight is 275 g/mol. The molecule has 0 amide bonds. The fourth-order valence-electron chi connectivity index (χ4n) is 1.73. The largest absolute Gasteiger partial charge is 0.497 e. The first-order chi connectivity index (χ1) is 9.19. The van der Waals surface area contributed by atoms with E-state index in [0.29, 0.717) is 11.4 Å². The van der Waals surface area contributed by atoms with Crippen LogP contribution in [-0.2, 0) is 0 Å². The molecule has 4 heteroatoms. The molecule has 0 saturated carbocycles. The summed E-state index contributed by atoms with van der Waals surface area (Å²) in [6.45, 7) is 0. The molecule has 2 rings (SSSR count). The Kier molecular flexibility index (Phi) is 4.71. The Hall–Kier alpha value is -1.65. The Morgan fingerprint density at radius 2 is 2.00 bits per heavy atom. The number of hydrogen-bond acceptors (Lipinski definition) is 4. The highest BCUT2D eigenvalue weighted by atomic mass is 32.2. The van der Waals surface area contributed by atoms with Gasteiger partial charge in [0.05, 0.1) is 13.2 Å². The van der Waals surface area contributed by atoms with E-state index in [0.717, 1.165) is 16.2 Å². The van der Waals surface area contributed by atoms with Crippen LogP contribution in [0.5, 0.6) is 5.75 Å². The van der Waals surface area contributed by atoms with Crippen molar-refractivity contribution in [1.82, 2.24) is 0 Å². The maximum absolute atomic E-state index is 10.1. The summed E-state index contributed by atoms with van der Waals surface area (Å²) < 4.78 is 5.17. The number of ether oxygens (including phenoxy) is 1. The van der Waals surface area contributed by atoms with Crippen molar-refractivity contribution in [1.29, 1.82) is 0 Å². The van der Waals surface area contributed by atoms with E-state index in [1.54, 1.807) is 24.9 Å². The van der Waals surface area contributed by atoms with E-state index < -0.39 is 6.10 Å². The number of rotatable bonds is 5. The van der Waals surface area contributed by atoms with Gasteiger partial charge < -0.3 is 15.6 Å². The van der Waals surface area contributed by atoms with E-state index in [-0.39, 0.29) is 0 Å². The van der Waals surface area contributed by atoms with Crippen LogP contribution in [0.1, 0.15) is 11.7 Å². The van der Waals surface area contributed by atoms with Crippen molar-refractivity contribution in [3.63, 3.8) is 0 Å². The van der Waals surface area contributed by atoms with Crippen molar-refractivity contribution in [2.45, 2.75) is 11.0 Å². The van der Waals surface area contributed by atoms with Crippen molar-refractivity contribution >= 4 is 17.4 Å². The number of nitrogen functional groups attached to an aromatic ring is 1. The zero-order valence-electron chi connectivity index (χ0n) is 10.7. The summed E-state index contributed by atoms with van der Waals surface area (Å²) in [7, 11) is 1.64. The molecule has 0 spiro atoms. The summed E-state index contributed by atoms with van der Waals surface area (Å²) in [6.07, 6.45) is -0.528. The van der Waals surface area contributed by atoms with Gasteiger partial charge >= 0.3 is 0 Å². The molecule has 0 aliphatic heterocycles. The van der Waals surface area contributed by atoms with Gasteiger partial charge in [0, 0.05) is 16.3 Å². The quantitative estimate of drug-likeness (QED) is 0.650. The highest BCUT2D eigenvalue weighted by Crippen LogP contribution is 2.27. The second kappa shape index (κ2) is 6.50. The van der Waals surface area contributed by atoms with Crippen LogP contribution in [0, 0.1) is 0 Å². The van der Waals surface area contributed by atoms with Gasteiger partial charge in [0.25, 0.3) is 0 Å². The van der Waals surface area contributed by atoms with Crippen molar-refractivity contribution < 1.29 is 9.84 Å². The normalized spacial score (nSPS) is 12.1. The number of benzene rings is 2. The Labute approximate surface area is 117 Å². The molecule has 1 atom stereocenters. The van der Waals surface area contributed by atoms with Gasteiger partial charge in [-0.15, -0.1) is 11.8 Å². The molecule has 0 bridgehead atoms. The summed E-state index contributed by atoms with van der Waals surface area (Å²) >= 11 is 1.59. The maximum Gasteiger partial charge on any atom is 0.119 e. The van der Waals surface area contributed by atoms with E-state index in [4.69, 9.17) is 10.5 Å². The zero-order chi connectivity index (χ0) is 13.7. The summed E-state index contributed by atoms with van der Waals surface area (Å²) in [5.74, 6) is 1.40. The van der Waals surface area contributed by atoms with Crippen LogP contribution in [0.3, 0.4) is 0 Å². The lowest BCUT2D eigenvalue weighted by atomic mass is 10.1. The Morgan fingerprint density at radius 3 is 2.74 bits per heavy atom. The van der Waals surface area contributed by atoms with E-state index in [9.17, 15) is 5.11 Å². The lowest BCUT2D eigenvalue weighted by Crippen LogP contribution is -2.01. The van der Waals surface area contributed by atoms with Crippen molar-refractivity contribution in [2.75, 3.05) is 18.6 Å². The number of anilines is 1. The van der Waals surface area contributed by atoms with Crippen molar-refractivity contribution in [3.8, 4) is 5.75 Å². The third-order valence-electron chi connectivity index (χ3n) is 2.74. The summed E-state index contributed by atoms with van der Waals surface area (Å²) in [4.78, 5) is 1.07. The van der Waals surface area contributed by atoms with Gasteiger partial charge in [0.15, 0.2) is 0 Å². The molecule has 2 aromatic carbocycles. The second-order valence-corrected chi connectivity index (χ2v) is 5.27. The third-order valence-corrected chi connectivity index (χ3v) is 3.81. The van der Waals surface area contributed by atoms with Crippen LogP contribution < -0.4 is 10.5 Å². The fourth-order valence-corrected chi connectivity index (χ4v) is 2.65. The zero-order valence-corrected chi connectivity index (χ0v) is 11.6. The monoisotopic (exact) mass is 275 g/mol. The summed E-state index contributed by atoms with van der Waals surface area (Å²) in [6, 6.07) is 15.1. The van der Waals surface area contributed by atoms with Crippen LogP contribution in [-0.4, -0.2) is 18.0 Å². The fraction of sp³-hybridized carbons (Fsp3) is 0.200. The molecule has 100 valence electrons. The summed E-state index contributed by atoms with van der Waals surface area (Å²) in [5.41, 5.74) is 7.22. The van der Waals surface area contributed by atoms with E-state index in [1.165, 1.54) is 0 Å². The first kappa shape index (κ1) is 13.8. The van der Waals surface area contributed by atoms with Gasteiger partial charge in [0.1, 0.15) is 5.75 Å². The number of methoxy groups -OCH3 is 1. The van der Waals surface area contributed by atoms with Gasteiger partial charge in [-0.3, -0.25) is 0 Å². The van der Waals surface area contributed by atoms with E-state index >= 15 is 0 Å². The highest BCUT2D eigenvalue weighted by Gasteiger charge is 2.08. The van der Waals surface area contributed by atoms with Gasteiger partial charge in [-0.25, -0.2) is 0 Å². The number of aliphatic hydroxyl groups excluding tert-OH is 1. The number of hydrogen-bond donors (Lipinski definition) is 2. The van der Waals surface area contributed by atoms with Crippen molar-refractivity contribution in [2.24, 2.45) is 0 Å². The smallest absolute Gasteiger partial charge is 0.119 e. The molecule has 19 heavy (non-hydrogen) atoms. The Bertz CT molecular complexity index is 545. The Balaban J connectivity index is 1.98. The molecule has 0 aromatic heterocycles. The predicted molar refractivity (Wildman–Crippen MR) is 79.5 cm³/mol. The molecule has 3 nitrogen and oxygen atoms in total. The van der Waals surface area contributed by atoms with Crippen LogP contribution in [0.15, 0.2) is 53.4 Å². The highest BCUT2D eigenvalue weighted by molar-refractivity contribution is 7.99. The van der Waals surface area contributed by atoms with Gasteiger partial charge in [0.2, 0.25) is 0 Å². The Morgan fingerprint density at radius 1 is 1.21 bits per heavy atom. The molecular formula is C15H17NO2S. The molecular weight excluding hydrogens is 258 g/mol. The predicted octanol–water partition coefficient (Wildman–Crippen LogP) is 3.10. The van der Waals surface area contributed by atoms with Crippen LogP contribution in [0.4, 0.5) is 5.69 Å². The van der Waals surface area contributed by atoms with E-state index in [2.05, 4.69) is 0 Å². The lowest BCUT2D eigenvalue weighted by Gasteiger charge is -2.11. The number of thioether (sulfide) groups is 1. The van der Waals surface area contributed by atoms with Crippen LogP contribution in [0.2, 0.25) is 0 Å².